The van der Waals surface area contributed by atoms with Crippen molar-refractivity contribution in [2.24, 2.45) is 0 Å². The van der Waals surface area contributed by atoms with Crippen LogP contribution in [0.25, 0.3) is 0 Å². The van der Waals surface area contributed by atoms with Crippen molar-refractivity contribution in [3.8, 4) is 5.88 Å². The van der Waals surface area contributed by atoms with Gasteiger partial charge >= 0.3 is 6.09 Å². The molecular weight excluding hydrogens is 440 g/mol. The van der Waals surface area contributed by atoms with Crippen LogP contribution >= 0.6 is 0 Å². The first-order valence-electron chi connectivity index (χ1n) is 12.2. The summed E-state index contributed by atoms with van der Waals surface area (Å²) in [5.41, 5.74) is 1.93. The number of benzene rings is 2. The van der Waals surface area contributed by atoms with E-state index < -0.39 is 5.60 Å². The number of hydrogen-bond acceptors (Lipinski definition) is 6. The molecule has 1 amide bonds. The molecule has 1 fully saturated rings. The Hall–Kier alpha value is -3.61. The van der Waals surface area contributed by atoms with Gasteiger partial charge in [0.15, 0.2) is 5.82 Å². The third-order valence-electron chi connectivity index (χ3n) is 5.76. The average molecular weight is 475 g/mol. The Kier molecular flexibility index (Phi) is 7.85. The number of nitrogens with zero attached hydrogens (tertiary/aromatic N) is 4. The predicted octanol–water partition coefficient (Wildman–Crippen LogP) is 5.46. The molecule has 7 heteroatoms. The van der Waals surface area contributed by atoms with Gasteiger partial charge < -0.3 is 19.3 Å². The molecule has 7 nitrogen and oxygen atoms in total. The number of rotatable bonds is 7. The van der Waals surface area contributed by atoms with Gasteiger partial charge in [-0.3, -0.25) is 0 Å². The van der Waals surface area contributed by atoms with Crippen LogP contribution in [0.4, 0.5) is 10.6 Å². The monoisotopic (exact) mass is 474 g/mol. The zero-order valence-electron chi connectivity index (χ0n) is 20.8. The van der Waals surface area contributed by atoms with E-state index in [4.69, 9.17) is 9.47 Å². The minimum absolute atomic E-state index is 0.00132. The van der Waals surface area contributed by atoms with Crippen LogP contribution in [-0.4, -0.2) is 46.0 Å². The van der Waals surface area contributed by atoms with E-state index >= 15 is 0 Å². The lowest BCUT2D eigenvalue weighted by Gasteiger charge is -2.33. The normalized spacial score (nSPS) is 14.4. The summed E-state index contributed by atoms with van der Waals surface area (Å²) in [6, 6.07) is 24.6. The zero-order chi connectivity index (χ0) is 24.7. The van der Waals surface area contributed by atoms with Crippen molar-refractivity contribution in [1.29, 1.82) is 0 Å². The van der Waals surface area contributed by atoms with Gasteiger partial charge in [-0.2, -0.15) is 0 Å². The Morgan fingerprint density at radius 2 is 1.46 bits per heavy atom. The van der Waals surface area contributed by atoms with Crippen LogP contribution < -0.4 is 9.64 Å². The maximum Gasteiger partial charge on any atom is 0.410 e. The molecule has 3 aromatic rings. The molecule has 0 atom stereocenters. The van der Waals surface area contributed by atoms with Crippen LogP contribution in [0.2, 0.25) is 0 Å². The van der Waals surface area contributed by atoms with Crippen molar-refractivity contribution in [3.05, 3.63) is 83.9 Å². The second kappa shape index (κ2) is 11.2. The van der Waals surface area contributed by atoms with Crippen molar-refractivity contribution in [1.82, 2.24) is 15.1 Å². The molecule has 1 aliphatic heterocycles. The summed E-state index contributed by atoms with van der Waals surface area (Å²) in [5.74, 6) is 1.30. The molecule has 0 aliphatic carbocycles. The van der Waals surface area contributed by atoms with Gasteiger partial charge in [0.1, 0.15) is 11.7 Å². The fraction of sp³-hybridized carbons (Fsp3) is 0.393. The lowest BCUT2D eigenvalue weighted by Crippen LogP contribution is -2.44. The van der Waals surface area contributed by atoms with E-state index in [0.717, 1.165) is 31.7 Å². The number of anilines is 1. The fourth-order valence-electron chi connectivity index (χ4n) is 4.02. The molecule has 1 aromatic heterocycles. The van der Waals surface area contributed by atoms with Crippen molar-refractivity contribution in [3.63, 3.8) is 0 Å². The first kappa shape index (κ1) is 24.5. The van der Waals surface area contributed by atoms with Gasteiger partial charge in [0.2, 0.25) is 5.88 Å². The number of ether oxygens (including phenoxy) is 2. The lowest BCUT2D eigenvalue weighted by molar-refractivity contribution is 0.0122. The predicted molar refractivity (Wildman–Crippen MR) is 136 cm³/mol. The summed E-state index contributed by atoms with van der Waals surface area (Å²) in [5, 5.41) is 8.85. The molecule has 0 unspecified atom stereocenters. The van der Waals surface area contributed by atoms with E-state index in [0.29, 0.717) is 19.0 Å². The standard InChI is InChI=1S/C28H34N4O3/c1-28(2,3)35-27(33)31-18-16-24(17-19-31)34-26-15-14-25(29-30-26)32(20-22-10-6-4-7-11-22)21-23-12-8-5-9-13-23/h4-15,24H,16-21H2,1-3H3. The van der Waals surface area contributed by atoms with E-state index in [2.05, 4.69) is 39.4 Å². The topological polar surface area (TPSA) is 67.8 Å². The number of carbonyl (C=O) groups excluding carboxylic acids is 1. The highest BCUT2D eigenvalue weighted by Crippen LogP contribution is 2.22. The molecule has 0 radical (unpaired) electrons. The van der Waals surface area contributed by atoms with Gasteiger partial charge in [-0.1, -0.05) is 60.7 Å². The third-order valence-corrected chi connectivity index (χ3v) is 5.76. The summed E-state index contributed by atoms with van der Waals surface area (Å²) in [4.78, 5) is 16.2. The summed E-state index contributed by atoms with van der Waals surface area (Å²) >= 11 is 0. The van der Waals surface area contributed by atoms with Gasteiger partial charge in [0, 0.05) is 45.1 Å². The van der Waals surface area contributed by atoms with E-state index in [9.17, 15) is 4.79 Å². The van der Waals surface area contributed by atoms with E-state index in [1.165, 1.54) is 11.1 Å². The van der Waals surface area contributed by atoms with Crippen molar-refractivity contribution in [2.75, 3.05) is 18.0 Å². The van der Waals surface area contributed by atoms with Gasteiger partial charge in [-0.25, -0.2) is 4.79 Å². The molecule has 184 valence electrons. The second-order valence-electron chi connectivity index (χ2n) is 9.84. The summed E-state index contributed by atoms with van der Waals surface area (Å²) in [6.45, 7) is 8.30. The average Bonchev–Trinajstić information content (AvgIpc) is 2.85. The second-order valence-corrected chi connectivity index (χ2v) is 9.84. The molecule has 1 aliphatic rings. The Labute approximate surface area is 207 Å². The third kappa shape index (κ3) is 7.44. The van der Waals surface area contributed by atoms with Gasteiger partial charge in [0.05, 0.1) is 0 Å². The Bertz CT molecular complexity index is 1020. The maximum absolute atomic E-state index is 12.3. The molecule has 0 saturated carbocycles. The van der Waals surface area contributed by atoms with Gasteiger partial charge in [-0.05, 0) is 38.0 Å². The number of likely N-dealkylation sites (tertiary alicyclic amines) is 1. The van der Waals surface area contributed by atoms with Crippen molar-refractivity contribution < 1.29 is 14.3 Å². The molecule has 4 rings (SSSR count). The smallest absolute Gasteiger partial charge is 0.410 e. The van der Waals surface area contributed by atoms with Gasteiger partial charge in [0.25, 0.3) is 0 Å². The molecule has 1 saturated heterocycles. The molecule has 2 aromatic carbocycles. The van der Waals surface area contributed by atoms with E-state index in [1.807, 2.05) is 69.3 Å². The van der Waals surface area contributed by atoms with Crippen LogP contribution in [0, 0.1) is 0 Å². The number of carbonyl (C=O) groups is 1. The number of piperidine rings is 1. The van der Waals surface area contributed by atoms with E-state index in [1.54, 1.807) is 4.90 Å². The first-order valence-corrected chi connectivity index (χ1v) is 12.2. The minimum Gasteiger partial charge on any atom is -0.473 e. The quantitative estimate of drug-likeness (QED) is 0.453. The molecule has 2 heterocycles. The molecule has 0 bridgehead atoms. The van der Waals surface area contributed by atoms with Crippen LogP contribution in [0.3, 0.4) is 0 Å². The van der Waals surface area contributed by atoms with Crippen LogP contribution in [0.15, 0.2) is 72.8 Å². The highest BCUT2D eigenvalue weighted by molar-refractivity contribution is 5.68. The van der Waals surface area contributed by atoms with E-state index in [-0.39, 0.29) is 12.2 Å². The van der Waals surface area contributed by atoms with Crippen LogP contribution in [0.5, 0.6) is 5.88 Å². The highest BCUT2D eigenvalue weighted by atomic mass is 16.6. The number of aromatic nitrogens is 2. The Morgan fingerprint density at radius 3 is 1.94 bits per heavy atom. The van der Waals surface area contributed by atoms with Gasteiger partial charge in [-0.15, -0.1) is 10.2 Å². The fourth-order valence-corrected chi connectivity index (χ4v) is 4.02. The Balaban J connectivity index is 1.37. The first-order chi connectivity index (χ1) is 16.9. The summed E-state index contributed by atoms with van der Waals surface area (Å²) < 4.78 is 11.6. The van der Waals surface area contributed by atoms with Crippen LogP contribution in [0.1, 0.15) is 44.7 Å². The van der Waals surface area contributed by atoms with Crippen molar-refractivity contribution in [2.45, 2.75) is 58.4 Å². The maximum atomic E-state index is 12.3. The summed E-state index contributed by atoms with van der Waals surface area (Å²) in [7, 11) is 0. The molecule has 35 heavy (non-hydrogen) atoms. The number of hydrogen-bond donors (Lipinski definition) is 0. The molecule has 0 N–H and O–H groups in total. The lowest BCUT2D eigenvalue weighted by atomic mass is 10.1. The molecular formula is C28H34N4O3. The number of amides is 1. The highest BCUT2D eigenvalue weighted by Gasteiger charge is 2.28. The minimum atomic E-state index is -0.489. The zero-order valence-corrected chi connectivity index (χ0v) is 20.8. The van der Waals surface area contributed by atoms with Crippen LogP contribution in [-0.2, 0) is 17.8 Å². The largest absolute Gasteiger partial charge is 0.473 e. The summed E-state index contributed by atoms with van der Waals surface area (Å²) in [6.07, 6.45) is 1.20. The Morgan fingerprint density at radius 1 is 0.886 bits per heavy atom. The van der Waals surface area contributed by atoms with Crippen molar-refractivity contribution >= 4 is 11.9 Å². The molecule has 0 spiro atoms. The SMILES string of the molecule is CC(C)(C)OC(=O)N1CCC(Oc2ccc(N(Cc3ccccc3)Cc3ccccc3)nn2)CC1.